The molecule has 0 atom stereocenters. The lowest BCUT2D eigenvalue weighted by atomic mass is 10.2. The van der Waals surface area contributed by atoms with E-state index in [1.807, 2.05) is 41.1 Å². The molecule has 0 fully saturated rings. The zero-order chi connectivity index (χ0) is 14.7. The quantitative estimate of drug-likeness (QED) is 0.767. The summed E-state index contributed by atoms with van der Waals surface area (Å²) in [6.07, 6.45) is 5.05. The lowest BCUT2D eigenvalue weighted by Gasteiger charge is -2.07. The number of nitrogens with zero attached hydrogens (tertiary/aromatic N) is 5. The molecule has 0 aliphatic rings. The molecule has 0 saturated carbocycles. The zero-order valence-electron chi connectivity index (χ0n) is 11.1. The largest absolute Gasteiger partial charge is 0.476 e. The maximum absolute atomic E-state index is 10.8. The van der Waals surface area contributed by atoms with Crippen LogP contribution >= 0.6 is 0 Å². The third kappa shape index (κ3) is 2.81. The maximum atomic E-state index is 10.8. The Morgan fingerprint density at radius 2 is 2.00 bits per heavy atom. The van der Waals surface area contributed by atoms with Gasteiger partial charge in [-0.2, -0.15) is 0 Å². The molecule has 106 valence electrons. The number of hydrogen-bond acceptors (Lipinski definition) is 4. The summed E-state index contributed by atoms with van der Waals surface area (Å²) in [5, 5.41) is 16.2. The van der Waals surface area contributed by atoms with Gasteiger partial charge in [0, 0.05) is 24.5 Å². The number of rotatable bonds is 5. The summed E-state index contributed by atoms with van der Waals surface area (Å²) in [5.74, 6) is -0.206. The number of aromatic nitrogens is 5. The van der Waals surface area contributed by atoms with Gasteiger partial charge in [0.25, 0.3) is 0 Å². The molecular weight excluding hydrogens is 270 g/mol. The molecule has 7 heteroatoms. The molecule has 7 nitrogen and oxygen atoms in total. The van der Waals surface area contributed by atoms with E-state index < -0.39 is 5.97 Å². The minimum absolute atomic E-state index is 0.0519. The average Bonchev–Trinajstić information content (AvgIpc) is 3.15. The number of aromatic carboxylic acids is 1. The zero-order valence-corrected chi connectivity index (χ0v) is 11.1. The molecule has 3 rings (SSSR count). The second-order valence-electron chi connectivity index (χ2n) is 4.48. The summed E-state index contributed by atoms with van der Waals surface area (Å²) in [5.41, 5.74) is 0.983. The number of carboxylic acids is 1. The number of aryl methyl sites for hydroxylation is 2. The Labute approximate surface area is 120 Å². The number of hydrogen-bond donors (Lipinski definition) is 1. The van der Waals surface area contributed by atoms with Crippen LogP contribution in [-0.2, 0) is 13.1 Å². The number of imidazole rings is 1. The standard InChI is InChI=1S/C14H13N5O2/c20-14(21)12-10-19(17-16-12)9-8-18-7-6-15-13(18)11-4-2-1-3-5-11/h1-7,10H,8-9H2,(H,20,21). The van der Waals surface area contributed by atoms with Gasteiger partial charge in [0.1, 0.15) is 5.82 Å². The van der Waals surface area contributed by atoms with Crippen molar-refractivity contribution in [3.8, 4) is 11.4 Å². The smallest absolute Gasteiger partial charge is 0.358 e. The van der Waals surface area contributed by atoms with Gasteiger partial charge in [-0.25, -0.2) is 14.5 Å². The van der Waals surface area contributed by atoms with Crippen LogP contribution in [0.4, 0.5) is 0 Å². The van der Waals surface area contributed by atoms with E-state index in [1.54, 1.807) is 6.20 Å². The van der Waals surface area contributed by atoms with Crippen LogP contribution in [0.5, 0.6) is 0 Å². The van der Waals surface area contributed by atoms with Crippen molar-refractivity contribution in [2.75, 3.05) is 0 Å². The van der Waals surface area contributed by atoms with Gasteiger partial charge in [-0.05, 0) is 0 Å². The molecule has 0 saturated heterocycles. The lowest BCUT2D eigenvalue weighted by Crippen LogP contribution is -2.08. The third-order valence-electron chi connectivity index (χ3n) is 3.08. The van der Waals surface area contributed by atoms with Gasteiger partial charge in [-0.15, -0.1) is 5.10 Å². The Kier molecular flexibility index (Phi) is 3.46. The average molecular weight is 283 g/mol. The van der Waals surface area contributed by atoms with Crippen molar-refractivity contribution in [1.82, 2.24) is 24.5 Å². The van der Waals surface area contributed by atoms with E-state index in [9.17, 15) is 4.79 Å². The number of carboxylic acid groups (broad SMARTS) is 1. The predicted octanol–water partition coefficient (Wildman–Crippen LogP) is 1.54. The van der Waals surface area contributed by atoms with Crippen molar-refractivity contribution in [2.24, 2.45) is 0 Å². The minimum atomic E-state index is -1.08. The lowest BCUT2D eigenvalue weighted by molar-refractivity contribution is 0.0690. The molecule has 2 aromatic heterocycles. The number of carbonyl (C=O) groups is 1. The van der Waals surface area contributed by atoms with Crippen LogP contribution in [0, 0.1) is 0 Å². The van der Waals surface area contributed by atoms with Gasteiger partial charge >= 0.3 is 5.97 Å². The first kappa shape index (κ1) is 13.0. The first-order valence-electron chi connectivity index (χ1n) is 6.44. The summed E-state index contributed by atoms with van der Waals surface area (Å²) in [6.45, 7) is 1.16. The van der Waals surface area contributed by atoms with Gasteiger partial charge < -0.3 is 9.67 Å². The Morgan fingerprint density at radius 3 is 2.71 bits per heavy atom. The van der Waals surface area contributed by atoms with E-state index in [2.05, 4.69) is 15.3 Å². The van der Waals surface area contributed by atoms with Gasteiger partial charge in [0.05, 0.1) is 12.7 Å². The molecule has 1 aromatic carbocycles. The summed E-state index contributed by atoms with van der Waals surface area (Å²) in [4.78, 5) is 15.1. The SMILES string of the molecule is O=C(O)c1cn(CCn2ccnc2-c2ccccc2)nn1. The van der Waals surface area contributed by atoms with Crippen LogP contribution < -0.4 is 0 Å². The summed E-state index contributed by atoms with van der Waals surface area (Å²) >= 11 is 0. The summed E-state index contributed by atoms with van der Waals surface area (Å²) < 4.78 is 3.51. The highest BCUT2D eigenvalue weighted by atomic mass is 16.4. The van der Waals surface area contributed by atoms with Crippen LogP contribution in [0.1, 0.15) is 10.5 Å². The van der Waals surface area contributed by atoms with Crippen molar-refractivity contribution in [3.05, 3.63) is 54.6 Å². The van der Waals surface area contributed by atoms with Crippen LogP contribution in [0.3, 0.4) is 0 Å². The molecule has 1 N–H and O–H groups in total. The van der Waals surface area contributed by atoms with E-state index in [0.29, 0.717) is 13.1 Å². The fourth-order valence-electron chi connectivity index (χ4n) is 2.05. The fourth-order valence-corrected chi connectivity index (χ4v) is 2.05. The van der Waals surface area contributed by atoms with Gasteiger partial charge in [-0.3, -0.25) is 0 Å². The molecule has 3 aromatic rings. The van der Waals surface area contributed by atoms with Crippen molar-refractivity contribution in [1.29, 1.82) is 0 Å². The summed E-state index contributed by atoms with van der Waals surface area (Å²) in [7, 11) is 0. The van der Waals surface area contributed by atoms with Gasteiger partial charge in [0.2, 0.25) is 0 Å². The van der Waals surface area contributed by atoms with Crippen molar-refractivity contribution >= 4 is 5.97 Å². The summed E-state index contributed by atoms with van der Waals surface area (Å²) in [6, 6.07) is 9.88. The second-order valence-corrected chi connectivity index (χ2v) is 4.48. The van der Waals surface area contributed by atoms with Gasteiger partial charge in [0.15, 0.2) is 5.69 Å². The maximum Gasteiger partial charge on any atom is 0.358 e. The Bertz CT molecular complexity index is 748. The molecule has 0 radical (unpaired) electrons. The van der Waals surface area contributed by atoms with Crippen LogP contribution in [0.15, 0.2) is 48.9 Å². The van der Waals surface area contributed by atoms with Crippen molar-refractivity contribution in [3.63, 3.8) is 0 Å². The molecule has 0 unspecified atom stereocenters. The first-order chi connectivity index (χ1) is 10.2. The van der Waals surface area contributed by atoms with Crippen LogP contribution in [0.2, 0.25) is 0 Å². The fraction of sp³-hybridized carbons (Fsp3) is 0.143. The second kappa shape index (κ2) is 5.58. The molecule has 0 bridgehead atoms. The van der Waals surface area contributed by atoms with Gasteiger partial charge in [-0.1, -0.05) is 35.5 Å². The number of benzene rings is 1. The van der Waals surface area contributed by atoms with Crippen molar-refractivity contribution in [2.45, 2.75) is 13.1 Å². The van der Waals surface area contributed by atoms with E-state index in [1.165, 1.54) is 10.9 Å². The third-order valence-corrected chi connectivity index (χ3v) is 3.08. The molecule has 0 amide bonds. The highest BCUT2D eigenvalue weighted by molar-refractivity contribution is 5.84. The Balaban J connectivity index is 1.74. The minimum Gasteiger partial charge on any atom is -0.476 e. The Hall–Kier alpha value is -2.96. The van der Waals surface area contributed by atoms with E-state index >= 15 is 0 Å². The predicted molar refractivity (Wildman–Crippen MR) is 74.6 cm³/mol. The normalized spacial score (nSPS) is 10.7. The highest BCUT2D eigenvalue weighted by Crippen LogP contribution is 2.16. The topological polar surface area (TPSA) is 85.8 Å². The Morgan fingerprint density at radius 1 is 1.19 bits per heavy atom. The van der Waals surface area contributed by atoms with E-state index in [4.69, 9.17) is 5.11 Å². The molecule has 0 aliphatic heterocycles. The molecule has 0 aliphatic carbocycles. The van der Waals surface area contributed by atoms with E-state index in [0.717, 1.165) is 11.4 Å². The monoisotopic (exact) mass is 283 g/mol. The molecule has 21 heavy (non-hydrogen) atoms. The molecule has 0 spiro atoms. The van der Waals surface area contributed by atoms with E-state index in [-0.39, 0.29) is 5.69 Å². The highest BCUT2D eigenvalue weighted by Gasteiger charge is 2.09. The van der Waals surface area contributed by atoms with Crippen molar-refractivity contribution < 1.29 is 9.90 Å². The van der Waals surface area contributed by atoms with Crippen LogP contribution in [-0.4, -0.2) is 35.6 Å². The molecular formula is C14H13N5O2. The first-order valence-corrected chi connectivity index (χ1v) is 6.44. The van der Waals surface area contributed by atoms with Crippen LogP contribution in [0.25, 0.3) is 11.4 Å². The molecule has 2 heterocycles.